The van der Waals surface area contributed by atoms with Crippen molar-refractivity contribution in [3.63, 3.8) is 0 Å². The first-order chi connectivity index (χ1) is 9.78. The third-order valence-corrected chi connectivity index (χ3v) is 5.32. The number of carbonyl (C=O) groups excluding carboxylic acids is 1. The van der Waals surface area contributed by atoms with Gasteiger partial charge in [-0.05, 0) is 31.3 Å². The molecule has 1 N–H and O–H groups in total. The van der Waals surface area contributed by atoms with Gasteiger partial charge in [0, 0.05) is 30.1 Å². The van der Waals surface area contributed by atoms with Gasteiger partial charge in [0.25, 0.3) is 5.91 Å². The SMILES string of the molecule is CNC1CCCN(C(=O)c2cnc(-c3ccsc3)s2)C1.Cl.Cl. The smallest absolute Gasteiger partial charge is 0.265 e. The van der Waals surface area contributed by atoms with Crippen LogP contribution in [-0.4, -0.2) is 42.0 Å². The summed E-state index contributed by atoms with van der Waals surface area (Å²) >= 11 is 3.13. The minimum Gasteiger partial charge on any atom is -0.336 e. The Balaban J connectivity index is 0.00000121. The van der Waals surface area contributed by atoms with Crippen molar-refractivity contribution in [2.75, 3.05) is 20.1 Å². The summed E-state index contributed by atoms with van der Waals surface area (Å²) in [5.74, 6) is 0.115. The molecule has 0 saturated carbocycles. The highest BCUT2D eigenvalue weighted by Gasteiger charge is 2.25. The largest absolute Gasteiger partial charge is 0.336 e. The number of thiophene rings is 1. The summed E-state index contributed by atoms with van der Waals surface area (Å²) in [7, 11) is 1.96. The lowest BCUT2D eigenvalue weighted by Crippen LogP contribution is -2.46. The maximum absolute atomic E-state index is 12.5. The average molecular weight is 380 g/mol. The van der Waals surface area contributed by atoms with Crippen LogP contribution in [0.25, 0.3) is 10.6 Å². The molecule has 1 amide bonds. The summed E-state index contributed by atoms with van der Waals surface area (Å²) < 4.78 is 0. The molecule has 2 aromatic rings. The fraction of sp³-hybridized carbons (Fsp3) is 0.429. The van der Waals surface area contributed by atoms with Crippen molar-refractivity contribution in [3.05, 3.63) is 27.9 Å². The molecule has 0 spiro atoms. The van der Waals surface area contributed by atoms with E-state index in [-0.39, 0.29) is 30.7 Å². The number of piperidine rings is 1. The minimum absolute atomic E-state index is 0. The van der Waals surface area contributed by atoms with Gasteiger partial charge in [-0.15, -0.1) is 36.2 Å². The van der Waals surface area contributed by atoms with Crippen LogP contribution in [0.3, 0.4) is 0 Å². The van der Waals surface area contributed by atoms with Crippen molar-refractivity contribution in [3.8, 4) is 10.6 Å². The molecule has 22 heavy (non-hydrogen) atoms. The van der Waals surface area contributed by atoms with Crippen molar-refractivity contribution in [2.45, 2.75) is 18.9 Å². The third kappa shape index (κ3) is 4.20. The monoisotopic (exact) mass is 379 g/mol. The summed E-state index contributed by atoms with van der Waals surface area (Å²) in [6, 6.07) is 2.45. The summed E-state index contributed by atoms with van der Waals surface area (Å²) in [6.45, 7) is 1.64. The second kappa shape index (κ2) is 8.84. The number of carbonyl (C=O) groups is 1. The minimum atomic E-state index is 0. The zero-order valence-corrected chi connectivity index (χ0v) is 15.4. The van der Waals surface area contributed by atoms with E-state index in [4.69, 9.17) is 0 Å². The molecular weight excluding hydrogens is 361 g/mol. The van der Waals surface area contributed by atoms with E-state index < -0.39 is 0 Å². The maximum Gasteiger partial charge on any atom is 0.265 e. The zero-order valence-electron chi connectivity index (χ0n) is 12.2. The molecule has 0 aromatic carbocycles. The van der Waals surface area contributed by atoms with Gasteiger partial charge in [-0.25, -0.2) is 4.98 Å². The first-order valence-corrected chi connectivity index (χ1v) is 8.49. The molecular formula is C14H19Cl2N3OS2. The van der Waals surface area contributed by atoms with E-state index >= 15 is 0 Å². The number of nitrogens with one attached hydrogen (secondary N) is 1. The topological polar surface area (TPSA) is 45.2 Å². The maximum atomic E-state index is 12.5. The highest BCUT2D eigenvalue weighted by atomic mass is 35.5. The molecule has 0 aliphatic carbocycles. The lowest BCUT2D eigenvalue weighted by molar-refractivity contribution is 0.0703. The first kappa shape index (κ1) is 19.4. The van der Waals surface area contributed by atoms with Crippen LogP contribution in [-0.2, 0) is 0 Å². The Morgan fingerprint density at radius 1 is 1.45 bits per heavy atom. The number of halogens is 2. The molecule has 1 aliphatic rings. The Morgan fingerprint density at radius 2 is 2.27 bits per heavy atom. The number of aromatic nitrogens is 1. The molecule has 2 aromatic heterocycles. The Morgan fingerprint density at radius 3 is 2.95 bits per heavy atom. The number of rotatable bonds is 3. The van der Waals surface area contributed by atoms with E-state index in [0.717, 1.165) is 41.4 Å². The number of likely N-dealkylation sites (tertiary alicyclic amines) is 1. The number of thiazole rings is 1. The standard InChI is InChI=1S/C14H17N3OS2.2ClH/c1-15-11-3-2-5-17(8-11)14(18)12-7-16-13(20-12)10-4-6-19-9-10;;/h4,6-7,9,11,15H,2-3,5,8H2,1H3;2*1H. The lowest BCUT2D eigenvalue weighted by atomic mass is 10.1. The van der Waals surface area contributed by atoms with Gasteiger partial charge in [-0.3, -0.25) is 4.79 Å². The Labute approximate surface area is 150 Å². The van der Waals surface area contributed by atoms with Crippen LogP contribution in [0.4, 0.5) is 0 Å². The van der Waals surface area contributed by atoms with Gasteiger partial charge in [-0.1, -0.05) is 0 Å². The van der Waals surface area contributed by atoms with Gasteiger partial charge in [-0.2, -0.15) is 11.3 Å². The van der Waals surface area contributed by atoms with Crippen LogP contribution in [0.15, 0.2) is 23.0 Å². The van der Waals surface area contributed by atoms with E-state index in [2.05, 4.69) is 15.7 Å². The second-order valence-electron chi connectivity index (χ2n) is 4.92. The number of amides is 1. The van der Waals surface area contributed by atoms with Gasteiger partial charge < -0.3 is 10.2 Å². The van der Waals surface area contributed by atoms with Crippen molar-refractivity contribution in [1.29, 1.82) is 0 Å². The number of nitrogens with zero attached hydrogens (tertiary/aromatic N) is 2. The van der Waals surface area contributed by atoms with Crippen LogP contribution in [0, 0.1) is 0 Å². The highest BCUT2D eigenvalue weighted by molar-refractivity contribution is 7.17. The third-order valence-electron chi connectivity index (χ3n) is 3.60. The van der Waals surface area contributed by atoms with Gasteiger partial charge >= 0.3 is 0 Å². The molecule has 1 aliphatic heterocycles. The highest BCUT2D eigenvalue weighted by Crippen LogP contribution is 2.28. The Hall–Kier alpha value is -0.660. The molecule has 4 nitrogen and oxygen atoms in total. The number of likely N-dealkylation sites (N-methyl/N-ethyl adjacent to an activating group) is 1. The van der Waals surface area contributed by atoms with Crippen molar-refractivity contribution in [1.82, 2.24) is 15.2 Å². The fourth-order valence-corrected chi connectivity index (χ4v) is 4.04. The number of hydrogen-bond acceptors (Lipinski definition) is 5. The van der Waals surface area contributed by atoms with E-state index in [1.165, 1.54) is 11.3 Å². The molecule has 3 heterocycles. The van der Waals surface area contributed by atoms with Crippen molar-refractivity contribution < 1.29 is 4.79 Å². The van der Waals surface area contributed by atoms with E-state index in [1.807, 2.05) is 23.4 Å². The first-order valence-electron chi connectivity index (χ1n) is 6.73. The quantitative estimate of drug-likeness (QED) is 0.886. The predicted molar refractivity (Wildman–Crippen MR) is 97.9 cm³/mol. The van der Waals surface area contributed by atoms with Crippen LogP contribution < -0.4 is 5.32 Å². The summed E-state index contributed by atoms with van der Waals surface area (Å²) in [5, 5.41) is 8.28. The number of hydrogen-bond donors (Lipinski definition) is 1. The van der Waals surface area contributed by atoms with Gasteiger partial charge in [0.2, 0.25) is 0 Å². The molecule has 1 saturated heterocycles. The molecule has 0 bridgehead atoms. The average Bonchev–Trinajstić information content (AvgIpc) is 3.17. The Bertz CT molecular complexity index is 589. The Kier molecular flexibility index (Phi) is 7.79. The molecule has 0 radical (unpaired) electrons. The van der Waals surface area contributed by atoms with Crippen LogP contribution in [0.5, 0.6) is 0 Å². The molecule has 1 atom stereocenters. The molecule has 122 valence electrons. The molecule has 3 rings (SSSR count). The molecule has 8 heteroatoms. The van der Waals surface area contributed by atoms with E-state index in [1.54, 1.807) is 17.5 Å². The fourth-order valence-electron chi connectivity index (χ4n) is 2.45. The predicted octanol–water partition coefficient (Wildman–Crippen LogP) is 3.54. The van der Waals surface area contributed by atoms with Gasteiger partial charge in [0.1, 0.15) is 9.88 Å². The normalized spacial score (nSPS) is 17.5. The summed E-state index contributed by atoms with van der Waals surface area (Å²) in [4.78, 5) is 19.6. The molecule has 1 unspecified atom stereocenters. The molecule has 1 fully saturated rings. The lowest BCUT2D eigenvalue weighted by Gasteiger charge is -2.32. The van der Waals surface area contributed by atoms with Crippen molar-refractivity contribution in [2.24, 2.45) is 0 Å². The van der Waals surface area contributed by atoms with E-state index in [9.17, 15) is 4.79 Å². The summed E-state index contributed by atoms with van der Waals surface area (Å²) in [6.07, 6.45) is 3.92. The zero-order chi connectivity index (χ0) is 13.9. The summed E-state index contributed by atoms with van der Waals surface area (Å²) in [5.41, 5.74) is 1.10. The van der Waals surface area contributed by atoms with Crippen LogP contribution in [0.1, 0.15) is 22.5 Å². The van der Waals surface area contributed by atoms with Gasteiger partial charge in [0.05, 0.1) is 6.20 Å². The second-order valence-corrected chi connectivity index (χ2v) is 6.73. The van der Waals surface area contributed by atoms with Crippen molar-refractivity contribution >= 4 is 53.4 Å². The van der Waals surface area contributed by atoms with E-state index in [0.29, 0.717) is 6.04 Å². The van der Waals surface area contributed by atoms with Crippen LogP contribution in [0.2, 0.25) is 0 Å². The van der Waals surface area contributed by atoms with Crippen LogP contribution >= 0.6 is 47.5 Å². The van der Waals surface area contributed by atoms with Gasteiger partial charge in [0.15, 0.2) is 0 Å².